The Morgan fingerprint density at radius 2 is 1.87 bits per heavy atom. The quantitative estimate of drug-likeness (QED) is 0.808. The largest absolute Gasteiger partial charge is 0.494 e. The molecule has 23 heavy (non-hydrogen) atoms. The van der Waals surface area contributed by atoms with Gasteiger partial charge >= 0.3 is 0 Å². The van der Waals surface area contributed by atoms with Crippen LogP contribution in [0.2, 0.25) is 5.02 Å². The fraction of sp³-hybridized carbons (Fsp3) is 0.316. The van der Waals surface area contributed by atoms with Crippen LogP contribution >= 0.6 is 11.6 Å². The van der Waals surface area contributed by atoms with Crippen LogP contribution in [-0.4, -0.2) is 12.5 Å². The second kappa shape index (κ2) is 8.59. The highest BCUT2D eigenvalue weighted by atomic mass is 35.5. The van der Waals surface area contributed by atoms with Gasteiger partial charge in [-0.2, -0.15) is 0 Å². The molecule has 1 atom stereocenters. The van der Waals surface area contributed by atoms with Gasteiger partial charge < -0.3 is 10.1 Å². The lowest BCUT2D eigenvalue weighted by molar-refractivity contribution is -0.121. The fourth-order valence-corrected chi connectivity index (χ4v) is 2.60. The molecule has 0 saturated heterocycles. The third kappa shape index (κ3) is 5.29. The lowest BCUT2D eigenvalue weighted by atomic mass is 10.1. The number of carbonyl (C=O) groups excluding carboxylic acids is 1. The zero-order valence-electron chi connectivity index (χ0n) is 13.5. The number of amides is 1. The minimum atomic E-state index is -0.0376. The van der Waals surface area contributed by atoms with Crippen LogP contribution in [0.1, 0.15) is 37.4 Å². The maximum Gasteiger partial charge on any atom is 0.220 e. The number of aryl methyl sites for hydroxylation is 1. The predicted molar refractivity (Wildman–Crippen MR) is 93.9 cm³/mol. The zero-order valence-corrected chi connectivity index (χ0v) is 14.3. The second-order valence-electron chi connectivity index (χ2n) is 5.38. The van der Waals surface area contributed by atoms with Crippen molar-refractivity contribution in [3.8, 4) is 5.75 Å². The van der Waals surface area contributed by atoms with Crippen molar-refractivity contribution in [2.75, 3.05) is 6.61 Å². The van der Waals surface area contributed by atoms with Crippen LogP contribution in [0.25, 0.3) is 0 Å². The number of carbonyl (C=O) groups is 1. The lowest BCUT2D eigenvalue weighted by Gasteiger charge is -2.15. The van der Waals surface area contributed by atoms with E-state index in [1.54, 1.807) is 0 Å². The number of nitrogens with one attached hydrogen (secondary N) is 1. The highest BCUT2D eigenvalue weighted by Crippen LogP contribution is 2.19. The van der Waals surface area contributed by atoms with Gasteiger partial charge in [0.2, 0.25) is 5.91 Å². The van der Waals surface area contributed by atoms with Crippen LogP contribution < -0.4 is 10.1 Å². The molecule has 0 aliphatic carbocycles. The number of ether oxygens (including phenoxy) is 1. The highest BCUT2D eigenvalue weighted by Gasteiger charge is 2.10. The van der Waals surface area contributed by atoms with Gasteiger partial charge in [-0.3, -0.25) is 4.79 Å². The molecule has 1 unspecified atom stereocenters. The molecule has 0 aromatic heterocycles. The minimum Gasteiger partial charge on any atom is -0.494 e. The van der Waals surface area contributed by atoms with Gasteiger partial charge in [-0.1, -0.05) is 41.9 Å². The van der Waals surface area contributed by atoms with Crippen LogP contribution in [0, 0.1) is 0 Å². The van der Waals surface area contributed by atoms with Crippen molar-refractivity contribution in [1.29, 1.82) is 0 Å². The van der Waals surface area contributed by atoms with E-state index in [1.807, 2.05) is 62.4 Å². The van der Waals surface area contributed by atoms with Crippen molar-refractivity contribution in [2.45, 2.75) is 32.7 Å². The molecule has 0 fully saturated rings. The van der Waals surface area contributed by atoms with E-state index < -0.39 is 0 Å². The molecule has 0 heterocycles. The summed E-state index contributed by atoms with van der Waals surface area (Å²) >= 11 is 6.11. The first kappa shape index (κ1) is 17.4. The second-order valence-corrected chi connectivity index (χ2v) is 5.79. The Hall–Kier alpha value is -2.00. The Morgan fingerprint density at radius 3 is 2.52 bits per heavy atom. The lowest BCUT2D eigenvalue weighted by Crippen LogP contribution is -2.26. The smallest absolute Gasteiger partial charge is 0.220 e. The standard InChI is InChI=1S/C19H22ClNO2/c1-3-23-17-11-8-15(9-12-17)14(2)21-19(22)13-10-16-6-4-5-7-18(16)20/h4-9,11-12,14H,3,10,13H2,1-2H3,(H,21,22). The first-order valence-electron chi connectivity index (χ1n) is 7.85. The molecule has 1 N–H and O–H groups in total. The molecule has 0 aliphatic rings. The highest BCUT2D eigenvalue weighted by molar-refractivity contribution is 6.31. The van der Waals surface area contributed by atoms with Crippen LogP contribution in [0.4, 0.5) is 0 Å². The fourth-order valence-electron chi connectivity index (χ4n) is 2.37. The summed E-state index contributed by atoms with van der Waals surface area (Å²) in [7, 11) is 0. The molecule has 3 nitrogen and oxygen atoms in total. The van der Waals surface area contributed by atoms with Gasteiger partial charge in [0.05, 0.1) is 12.6 Å². The van der Waals surface area contributed by atoms with Crippen molar-refractivity contribution in [3.63, 3.8) is 0 Å². The van der Waals surface area contributed by atoms with E-state index >= 15 is 0 Å². The molecule has 2 aromatic rings. The summed E-state index contributed by atoms with van der Waals surface area (Å²) in [6.45, 7) is 4.58. The predicted octanol–water partition coefficient (Wildman–Crippen LogP) is 4.55. The molecule has 122 valence electrons. The molecular formula is C19H22ClNO2. The molecule has 0 spiro atoms. The van der Waals surface area contributed by atoms with E-state index in [-0.39, 0.29) is 11.9 Å². The number of benzene rings is 2. The number of rotatable bonds is 7. The van der Waals surface area contributed by atoms with Crippen LogP contribution in [0.3, 0.4) is 0 Å². The van der Waals surface area contributed by atoms with Gasteiger partial charge in [0.25, 0.3) is 0 Å². The van der Waals surface area contributed by atoms with Crippen LogP contribution in [-0.2, 0) is 11.2 Å². The van der Waals surface area contributed by atoms with Gasteiger partial charge in [0.15, 0.2) is 0 Å². The summed E-state index contributed by atoms with van der Waals surface area (Å²) in [4.78, 5) is 12.1. The van der Waals surface area contributed by atoms with E-state index in [1.165, 1.54) is 0 Å². The SMILES string of the molecule is CCOc1ccc(C(C)NC(=O)CCc2ccccc2Cl)cc1. The minimum absolute atomic E-state index is 0.0197. The van der Waals surface area contributed by atoms with Crippen LogP contribution in [0.15, 0.2) is 48.5 Å². The van der Waals surface area contributed by atoms with Gasteiger partial charge in [-0.25, -0.2) is 0 Å². The van der Waals surface area contributed by atoms with Crippen molar-refractivity contribution in [2.24, 2.45) is 0 Å². The maximum absolute atomic E-state index is 12.1. The average Bonchev–Trinajstić information content (AvgIpc) is 2.55. The van der Waals surface area contributed by atoms with Crippen molar-refractivity contribution < 1.29 is 9.53 Å². The average molecular weight is 332 g/mol. The Labute approximate surface area is 142 Å². The molecule has 1 amide bonds. The van der Waals surface area contributed by atoms with Crippen LogP contribution in [0.5, 0.6) is 5.75 Å². The van der Waals surface area contributed by atoms with Gasteiger partial charge in [-0.15, -0.1) is 0 Å². The number of halogens is 1. The van der Waals surface area contributed by atoms with E-state index in [2.05, 4.69) is 5.32 Å². The summed E-state index contributed by atoms with van der Waals surface area (Å²) < 4.78 is 5.42. The van der Waals surface area contributed by atoms with Gasteiger partial charge in [0.1, 0.15) is 5.75 Å². The topological polar surface area (TPSA) is 38.3 Å². The third-order valence-electron chi connectivity index (χ3n) is 3.65. The summed E-state index contributed by atoms with van der Waals surface area (Å²) in [6.07, 6.45) is 1.06. The van der Waals surface area contributed by atoms with E-state index in [0.717, 1.165) is 16.9 Å². The molecule has 2 rings (SSSR count). The molecular weight excluding hydrogens is 310 g/mol. The van der Waals surface area contributed by atoms with Crippen molar-refractivity contribution >= 4 is 17.5 Å². The normalized spacial score (nSPS) is 11.8. The Bertz CT molecular complexity index is 640. The Morgan fingerprint density at radius 1 is 1.17 bits per heavy atom. The first-order chi connectivity index (χ1) is 11.1. The van der Waals surface area contributed by atoms with Crippen molar-refractivity contribution in [3.05, 3.63) is 64.7 Å². The molecule has 0 radical (unpaired) electrons. The Balaban J connectivity index is 1.85. The summed E-state index contributed by atoms with van der Waals surface area (Å²) in [5, 5.41) is 3.72. The van der Waals surface area contributed by atoms with E-state index in [0.29, 0.717) is 24.5 Å². The van der Waals surface area contributed by atoms with Crippen molar-refractivity contribution in [1.82, 2.24) is 5.32 Å². The third-order valence-corrected chi connectivity index (χ3v) is 4.02. The summed E-state index contributed by atoms with van der Waals surface area (Å²) in [6, 6.07) is 15.4. The monoisotopic (exact) mass is 331 g/mol. The van der Waals surface area contributed by atoms with Gasteiger partial charge in [-0.05, 0) is 49.6 Å². The first-order valence-corrected chi connectivity index (χ1v) is 8.23. The van der Waals surface area contributed by atoms with Gasteiger partial charge in [0, 0.05) is 11.4 Å². The molecule has 0 saturated carbocycles. The summed E-state index contributed by atoms with van der Waals surface area (Å²) in [5.41, 5.74) is 2.05. The van der Waals surface area contributed by atoms with E-state index in [4.69, 9.17) is 16.3 Å². The molecule has 0 bridgehead atoms. The molecule has 0 aliphatic heterocycles. The number of hydrogen-bond donors (Lipinski definition) is 1. The maximum atomic E-state index is 12.1. The van der Waals surface area contributed by atoms with E-state index in [9.17, 15) is 4.79 Å². The molecule has 2 aromatic carbocycles. The zero-order chi connectivity index (χ0) is 16.7. The Kier molecular flexibility index (Phi) is 6.48. The molecule has 4 heteroatoms. The number of hydrogen-bond acceptors (Lipinski definition) is 2. The summed E-state index contributed by atoms with van der Waals surface area (Å²) in [5.74, 6) is 0.861.